The van der Waals surface area contributed by atoms with Crippen molar-refractivity contribution in [1.29, 1.82) is 10.5 Å². The first-order chi connectivity index (χ1) is 11.7. The van der Waals surface area contributed by atoms with E-state index in [1.807, 2.05) is 0 Å². The molecule has 0 spiro atoms. The lowest BCUT2D eigenvalue weighted by Crippen LogP contribution is -2.30. The van der Waals surface area contributed by atoms with Crippen molar-refractivity contribution in [2.24, 2.45) is 5.92 Å². The summed E-state index contributed by atoms with van der Waals surface area (Å²) in [6, 6.07) is 8.96. The minimum absolute atomic E-state index is 0.215. The summed E-state index contributed by atoms with van der Waals surface area (Å²) in [6.07, 6.45) is 4.54. The summed E-state index contributed by atoms with van der Waals surface area (Å²) in [6.45, 7) is 1.92. The number of nitrogens with one attached hydrogen (secondary N) is 1. The van der Waals surface area contributed by atoms with Gasteiger partial charge in [0.1, 0.15) is 0 Å². The molecule has 8 heteroatoms. The van der Waals surface area contributed by atoms with E-state index in [9.17, 15) is 4.79 Å². The van der Waals surface area contributed by atoms with Crippen LogP contribution in [0, 0.1) is 28.7 Å². The Labute approximate surface area is 138 Å². The van der Waals surface area contributed by atoms with Crippen molar-refractivity contribution >= 4 is 5.91 Å². The molecule has 120 valence electrons. The van der Waals surface area contributed by atoms with Crippen LogP contribution in [0.4, 0.5) is 0 Å². The Balaban J connectivity index is 1.62. The molecule has 3 rings (SSSR count). The first-order valence-electron chi connectivity index (χ1n) is 7.55. The highest BCUT2D eigenvalue weighted by Gasteiger charge is 2.22. The van der Waals surface area contributed by atoms with Crippen molar-refractivity contribution in [3.05, 3.63) is 41.7 Å². The van der Waals surface area contributed by atoms with E-state index in [4.69, 9.17) is 10.5 Å². The lowest BCUT2D eigenvalue weighted by atomic mass is 10.1. The average Bonchev–Trinajstić information content (AvgIpc) is 3.29. The van der Waals surface area contributed by atoms with Gasteiger partial charge in [-0.3, -0.25) is 4.79 Å². The molecular weight excluding hydrogens is 306 g/mol. The molecule has 0 radical (unpaired) electrons. The third-order valence-corrected chi connectivity index (χ3v) is 3.94. The number of hydrogen-bond donors (Lipinski definition) is 1. The average molecular weight is 321 g/mol. The Morgan fingerprint density at radius 1 is 1.42 bits per heavy atom. The molecule has 8 nitrogen and oxygen atoms in total. The number of aromatic nitrogens is 3. The standard InChI is InChI=1S/C16H15N7O/c17-7-12-2-1-3-14(6-12)23-10-15(20-21-23)16(24)19-8-13-4-5-22(9-13)11-18/h1-3,6,10,13H,4-5,8-9H2,(H,19,24)/t13-/m1/s1. The Morgan fingerprint density at radius 2 is 2.29 bits per heavy atom. The molecule has 0 aliphatic carbocycles. The second-order valence-corrected chi connectivity index (χ2v) is 5.62. The number of amides is 1. The molecule has 1 aliphatic rings. The molecule has 2 heterocycles. The lowest BCUT2D eigenvalue weighted by molar-refractivity contribution is 0.0942. The predicted octanol–water partition coefficient (Wildman–Crippen LogP) is 0.672. The Bertz CT molecular complexity index is 829. The summed E-state index contributed by atoms with van der Waals surface area (Å²) in [5.41, 5.74) is 1.39. The van der Waals surface area contributed by atoms with E-state index in [0.717, 1.165) is 13.0 Å². The number of hydrogen-bond acceptors (Lipinski definition) is 6. The predicted molar refractivity (Wildman–Crippen MR) is 83.7 cm³/mol. The second-order valence-electron chi connectivity index (χ2n) is 5.62. The summed E-state index contributed by atoms with van der Waals surface area (Å²) < 4.78 is 1.46. The summed E-state index contributed by atoms with van der Waals surface area (Å²) in [7, 11) is 0. The van der Waals surface area contributed by atoms with Crippen molar-refractivity contribution in [2.75, 3.05) is 19.6 Å². The Morgan fingerprint density at radius 3 is 3.04 bits per heavy atom. The van der Waals surface area contributed by atoms with Crippen molar-refractivity contribution in [3.8, 4) is 17.9 Å². The largest absolute Gasteiger partial charge is 0.350 e. The number of nitriles is 2. The molecule has 1 fully saturated rings. The molecule has 1 atom stereocenters. The second kappa shape index (κ2) is 6.80. The topological polar surface area (TPSA) is 111 Å². The quantitative estimate of drug-likeness (QED) is 0.829. The highest BCUT2D eigenvalue weighted by molar-refractivity contribution is 5.91. The van der Waals surface area contributed by atoms with Crippen molar-refractivity contribution < 1.29 is 4.79 Å². The molecule has 1 amide bonds. The van der Waals surface area contributed by atoms with Crippen LogP contribution >= 0.6 is 0 Å². The van der Waals surface area contributed by atoms with E-state index in [1.165, 1.54) is 10.9 Å². The minimum atomic E-state index is -0.298. The van der Waals surface area contributed by atoms with Crippen molar-refractivity contribution in [3.63, 3.8) is 0 Å². The van der Waals surface area contributed by atoms with Gasteiger partial charge in [0, 0.05) is 19.6 Å². The highest BCUT2D eigenvalue weighted by Crippen LogP contribution is 2.14. The fourth-order valence-electron chi connectivity index (χ4n) is 2.63. The molecule has 0 saturated carbocycles. The fourth-order valence-corrected chi connectivity index (χ4v) is 2.63. The van der Waals surface area contributed by atoms with Crippen LogP contribution in [0.5, 0.6) is 0 Å². The van der Waals surface area contributed by atoms with Crippen molar-refractivity contribution in [1.82, 2.24) is 25.2 Å². The minimum Gasteiger partial charge on any atom is -0.350 e. The lowest BCUT2D eigenvalue weighted by Gasteiger charge is -2.09. The third-order valence-electron chi connectivity index (χ3n) is 3.94. The molecule has 1 aromatic carbocycles. The zero-order chi connectivity index (χ0) is 16.9. The van der Waals surface area contributed by atoms with E-state index in [-0.39, 0.29) is 17.5 Å². The van der Waals surface area contributed by atoms with E-state index >= 15 is 0 Å². The zero-order valence-corrected chi connectivity index (χ0v) is 12.9. The van der Waals surface area contributed by atoms with Gasteiger partial charge in [-0.25, -0.2) is 4.68 Å². The maximum atomic E-state index is 12.2. The van der Waals surface area contributed by atoms with Crippen LogP contribution in [-0.2, 0) is 0 Å². The Hall–Kier alpha value is -3.39. The summed E-state index contributed by atoms with van der Waals surface area (Å²) in [5, 5.41) is 28.4. The fraction of sp³-hybridized carbons (Fsp3) is 0.312. The van der Waals surface area contributed by atoms with Gasteiger partial charge in [0.2, 0.25) is 0 Å². The summed E-state index contributed by atoms with van der Waals surface area (Å²) in [5.74, 6) is -0.0240. The molecule has 0 unspecified atom stereocenters. The van der Waals surface area contributed by atoms with Crippen molar-refractivity contribution in [2.45, 2.75) is 6.42 Å². The first-order valence-corrected chi connectivity index (χ1v) is 7.55. The van der Waals surface area contributed by atoms with Crippen LogP contribution in [0.25, 0.3) is 5.69 Å². The number of likely N-dealkylation sites (tertiary alicyclic amines) is 1. The van der Waals surface area contributed by atoms with Crippen LogP contribution in [-0.4, -0.2) is 45.4 Å². The molecule has 0 bridgehead atoms. The SMILES string of the molecule is N#Cc1cccc(-n2cc(C(=O)NC[C@H]3CCN(C#N)C3)nn2)c1. The van der Waals surface area contributed by atoms with Crippen LogP contribution in [0.3, 0.4) is 0 Å². The normalized spacial score (nSPS) is 16.4. The van der Waals surface area contributed by atoms with Crippen LogP contribution in [0.15, 0.2) is 30.5 Å². The highest BCUT2D eigenvalue weighted by atomic mass is 16.2. The van der Waals surface area contributed by atoms with E-state index < -0.39 is 0 Å². The summed E-state index contributed by atoms with van der Waals surface area (Å²) in [4.78, 5) is 13.9. The van der Waals surface area contributed by atoms with Gasteiger partial charge < -0.3 is 10.2 Å². The van der Waals surface area contributed by atoms with Gasteiger partial charge in [0.05, 0.1) is 23.5 Å². The van der Waals surface area contributed by atoms with E-state index in [2.05, 4.69) is 27.9 Å². The van der Waals surface area contributed by atoms with Gasteiger partial charge in [-0.15, -0.1) is 5.10 Å². The van der Waals surface area contributed by atoms with Gasteiger partial charge in [-0.05, 0) is 30.5 Å². The third kappa shape index (κ3) is 3.33. The molecule has 2 aromatic rings. The van der Waals surface area contributed by atoms with Crippen LogP contribution < -0.4 is 5.32 Å². The maximum Gasteiger partial charge on any atom is 0.273 e. The van der Waals surface area contributed by atoms with Crippen LogP contribution in [0.1, 0.15) is 22.5 Å². The number of carbonyl (C=O) groups excluding carboxylic acids is 1. The molecule has 1 aromatic heterocycles. The van der Waals surface area contributed by atoms with Gasteiger partial charge in [0.15, 0.2) is 11.9 Å². The first kappa shape index (κ1) is 15.5. The number of carbonyl (C=O) groups is 1. The van der Waals surface area contributed by atoms with Gasteiger partial charge >= 0.3 is 0 Å². The molecular formula is C16H15N7O. The summed E-state index contributed by atoms with van der Waals surface area (Å²) >= 11 is 0. The molecule has 24 heavy (non-hydrogen) atoms. The van der Waals surface area contributed by atoms with Crippen LogP contribution in [0.2, 0.25) is 0 Å². The maximum absolute atomic E-state index is 12.2. The number of benzene rings is 1. The smallest absolute Gasteiger partial charge is 0.273 e. The number of nitrogens with zero attached hydrogens (tertiary/aromatic N) is 6. The monoisotopic (exact) mass is 321 g/mol. The van der Waals surface area contributed by atoms with Gasteiger partial charge in [0.25, 0.3) is 5.91 Å². The molecule has 1 N–H and O–H groups in total. The van der Waals surface area contributed by atoms with Gasteiger partial charge in [-0.1, -0.05) is 11.3 Å². The Kier molecular flexibility index (Phi) is 4.39. The van der Waals surface area contributed by atoms with Gasteiger partial charge in [-0.2, -0.15) is 10.5 Å². The van der Waals surface area contributed by atoms with E-state index in [0.29, 0.717) is 24.3 Å². The molecule has 1 aliphatic heterocycles. The molecule has 1 saturated heterocycles. The van der Waals surface area contributed by atoms with E-state index in [1.54, 1.807) is 29.2 Å². The number of rotatable bonds is 4. The zero-order valence-electron chi connectivity index (χ0n) is 12.9.